The van der Waals surface area contributed by atoms with Crippen LogP contribution in [0.5, 0.6) is 0 Å². The number of nitrogens with one attached hydrogen (secondary N) is 1. The predicted octanol–water partition coefficient (Wildman–Crippen LogP) is 3.21. The molecule has 0 bridgehead atoms. The summed E-state index contributed by atoms with van der Waals surface area (Å²) in [5.74, 6) is 0.580. The summed E-state index contributed by atoms with van der Waals surface area (Å²) in [5, 5.41) is 5.29. The largest absolute Gasteiger partial charge is 0.367 e. The highest BCUT2D eigenvalue weighted by Gasteiger charge is 2.28. The second-order valence-electron chi connectivity index (χ2n) is 8.12. The minimum atomic E-state index is -0.441. The summed E-state index contributed by atoms with van der Waals surface area (Å²) in [6.45, 7) is 7.37. The van der Waals surface area contributed by atoms with Crippen LogP contribution in [0.2, 0.25) is 0 Å². The summed E-state index contributed by atoms with van der Waals surface area (Å²) in [7, 11) is 2.04. The molecule has 140 valence electrons. The lowest BCUT2D eigenvalue weighted by Gasteiger charge is -2.32. The van der Waals surface area contributed by atoms with Crippen LogP contribution in [0.15, 0.2) is 24.5 Å². The summed E-state index contributed by atoms with van der Waals surface area (Å²) in [6, 6.07) is 4.68. The topological polar surface area (TPSA) is 54.5 Å². The van der Waals surface area contributed by atoms with Crippen molar-refractivity contribution in [3.8, 4) is 0 Å². The van der Waals surface area contributed by atoms with Crippen molar-refractivity contribution >= 4 is 5.97 Å². The third-order valence-electron chi connectivity index (χ3n) is 4.96. The van der Waals surface area contributed by atoms with Gasteiger partial charge in [-0.05, 0) is 83.5 Å². The molecule has 0 radical (unpaired) electrons. The molecule has 1 unspecified atom stereocenters. The lowest BCUT2D eigenvalue weighted by molar-refractivity contribution is -0.206. The second-order valence-corrected chi connectivity index (χ2v) is 8.12. The van der Waals surface area contributed by atoms with E-state index in [1.54, 1.807) is 0 Å². The standard InChI is InChI=1S/C20H33N3O2/c1-20(2,3)19(24)25-23-13-9-16(10-14-23)5-6-18(21-4)15-17-7-11-22-12-8-17/h7-8,11-12,16,18,21H,5-6,9-10,13-15H2,1-4H3. The normalized spacial score (nSPS) is 18.1. The van der Waals surface area contributed by atoms with Gasteiger partial charge in [-0.2, -0.15) is 0 Å². The zero-order valence-electron chi connectivity index (χ0n) is 16.1. The van der Waals surface area contributed by atoms with Gasteiger partial charge in [0.15, 0.2) is 0 Å². The molecule has 0 aliphatic carbocycles. The molecule has 5 nitrogen and oxygen atoms in total. The molecular formula is C20H33N3O2. The monoisotopic (exact) mass is 347 g/mol. The fourth-order valence-corrected chi connectivity index (χ4v) is 3.13. The van der Waals surface area contributed by atoms with E-state index in [9.17, 15) is 4.79 Å². The number of rotatable bonds is 7. The van der Waals surface area contributed by atoms with Gasteiger partial charge in [-0.3, -0.25) is 4.98 Å². The lowest BCUT2D eigenvalue weighted by Crippen LogP contribution is -2.39. The number of carbonyl (C=O) groups is 1. The first-order valence-electron chi connectivity index (χ1n) is 9.42. The van der Waals surface area contributed by atoms with Crippen LogP contribution < -0.4 is 5.32 Å². The number of nitrogens with zero attached hydrogens (tertiary/aromatic N) is 2. The van der Waals surface area contributed by atoms with Gasteiger partial charge in [0.25, 0.3) is 0 Å². The Morgan fingerprint density at radius 1 is 1.32 bits per heavy atom. The SMILES string of the molecule is CNC(CCC1CCN(OC(=O)C(C)(C)C)CC1)Cc1ccncc1. The molecule has 1 aromatic heterocycles. The number of aromatic nitrogens is 1. The molecule has 0 aromatic carbocycles. The summed E-state index contributed by atoms with van der Waals surface area (Å²) >= 11 is 0. The van der Waals surface area contributed by atoms with Crippen molar-refractivity contribution in [3.05, 3.63) is 30.1 Å². The summed E-state index contributed by atoms with van der Waals surface area (Å²) in [5.41, 5.74) is 0.891. The Morgan fingerprint density at radius 3 is 2.52 bits per heavy atom. The summed E-state index contributed by atoms with van der Waals surface area (Å²) in [4.78, 5) is 21.6. The van der Waals surface area contributed by atoms with Crippen molar-refractivity contribution in [2.45, 2.75) is 58.9 Å². The van der Waals surface area contributed by atoms with E-state index in [1.165, 1.54) is 18.4 Å². The Morgan fingerprint density at radius 2 is 1.96 bits per heavy atom. The van der Waals surface area contributed by atoms with Crippen LogP contribution >= 0.6 is 0 Å². The smallest absolute Gasteiger partial charge is 0.330 e. The summed E-state index contributed by atoms with van der Waals surface area (Å²) in [6.07, 6.45) is 9.35. The van der Waals surface area contributed by atoms with Crippen molar-refractivity contribution in [3.63, 3.8) is 0 Å². The molecule has 1 aliphatic rings. The van der Waals surface area contributed by atoms with Crippen molar-refractivity contribution in [1.82, 2.24) is 15.4 Å². The molecule has 0 saturated carbocycles. The fraction of sp³-hybridized carbons (Fsp3) is 0.700. The minimum Gasteiger partial charge on any atom is -0.367 e. The van der Waals surface area contributed by atoms with E-state index in [1.807, 2.05) is 45.3 Å². The van der Waals surface area contributed by atoms with Crippen molar-refractivity contribution in [1.29, 1.82) is 0 Å². The molecule has 1 N–H and O–H groups in total. The van der Waals surface area contributed by atoms with E-state index in [2.05, 4.69) is 22.4 Å². The van der Waals surface area contributed by atoms with Gasteiger partial charge in [0.05, 0.1) is 5.41 Å². The van der Waals surface area contributed by atoms with Crippen LogP contribution in [-0.2, 0) is 16.1 Å². The number of pyridine rings is 1. The van der Waals surface area contributed by atoms with E-state index in [0.717, 1.165) is 38.3 Å². The third kappa shape index (κ3) is 6.75. The van der Waals surface area contributed by atoms with Gasteiger partial charge in [-0.25, -0.2) is 4.79 Å². The molecule has 1 atom stereocenters. The van der Waals surface area contributed by atoms with Crippen LogP contribution in [0, 0.1) is 11.3 Å². The minimum absolute atomic E-state index is 0.140. The van der Waals surface area contributed by atoms with Gasteiger partial charge < -0.3 is 10.2 Å². The Balaban J connectivity index is 1.70. The quantitative estimate of drug-likeness (QED) is 0.821. The van der Waals surface area contributed by atoms with E-state index in [-0.39, 0.29) is 5.97 Å². The maximum atomic E-state index is 12.0. The number of carbonyl (C=O) groups excluding carboxylic acids is 1. The van der Waals surface area contributed by atoms with Gasteiger partial charge in [0.1, 0.15) is 0 Å². The molecule has 0 spiro atoms. The molecule has 0 amide bonds. The average Bonchev–Trinajstić information content (AvgIpc) is 2.60. The number of hydrogen-bond donors (Lipinski definition) is 1. The van der Waals surface area contributed by atoms with Crippen molar-refractivity contribution < 1.29 is 9.63 Å². The van der Waals surface area contributed by atoms with E-state index in [0.29, 0.717) is 6.04 Å². The number of piperidine rings is 1. The molecule has 5 heteroatoms. The maximum absolute atomic E-state index is 12.0. The van der Waals surface area contributed by atoms with Gasteiger partial charge >= 0.3 is 5.97 Å². The van der Waals surface area contributed by atoms with Crippen molar-refractivity contribution in [2.24, 2.45) is 11.3 Å². The predicted molar refractivity (Wildman–Crippen MR) is 99.9 cm³/mol. The first-order chi connectivity index (χ1) is 11.9. The summed E-state index contributed by atoms with van der Waals surface area (Å²) < 4.78 is 0. The van der Waals surface area contributed by atoms with Crippen LogP contribution in [-0.4, -0.2) is 42.2 Å². The fourth-order valence-electron chi connectivity index (χ4n) is 3.13. The molecule has 1 aliphatic heterocycles. The van der Waals surface area contributed by atoms with Crippen LogP contribution in [0.3, 0.4) is 0 Å². The molecule has 1 aromatic rings. The Bertz CT molecular complexity index is 519. The Labute approximate surface area is 152 Å². The first kappa shape index (κ1) is 19.9. The average molecular weight is 348 g/mol. The van der Waals surface area contributed by atoms with Crippen LogP contribution in [0.25, 0.3) is 0 Å². The molecule has 2 heterocycles. The zero-order valence-corrected chi connectivity index (χ0v) is 16.1. The second kappa shape index (κ2) is 9.30. The molecule has 1 fully saturated rings. The highest BCUT2D eigenvalue weighted by Crippen LogP contribution is 2.25. The highest BCUT2D eigenvalue weighted by molar-refractivity contribution is 5.75. The molecular weight excluding hydrogens is 314 g/mol. The Kier molecular flexibility index (Phi) is 7.38. The third-order valence-corrected chi connectivity index (χ3v) is 4.96. The molecule has 25 heavy (non-hydrogen) atoms. The van der Waals surface area contributed by atoms with Gasteiger partial charge in [-0.15, -0.1) is 5.06 Å². The highest BCUT2D eigenvalue weighted by atomic mass is 16.7. The first-order valence-corrected chi connectivity index (χ1v) is 9.42. The van der Waals surface area contributed by atoms with Gasteiger partial charge in [-0.1, -0.05) is 0 Å². The van der Waals surface area contributed by atoms with E-state index < -0.39 is 5.41 Å². The lowest BCUT2D eigenvalue weighted by atomic mass is 9.90. The van der Waals surface area contributed by atoms with Gasteiger partial charge in [0.2, 0.25) is 0 Å². The van der Waals surface area contributed by atoms with E-state index >= 15 is 0 Å². The number of hydrogen-bond acceptors (Lipinski definition) is 5. The van der Waals surface area contributed by atoms with Crippen LogP contribution in [0.4, 0.5) is 0 Å². The van der Waals surface area contributed by atoms with E-state index in [4.69, 9.17) is 4.84 Å². The number of hydroxylamine groups is 2. The van der Waals surface area contributed by atoms with Crippen molar-refractivity contribution in [2.75, 3.05) is 20.1 Å². The Hall–Kier alpha value is -1.46. The zero-order chi connectivity index (χ0) is 18.3. The maximum Gasteiger partial charge on any atom is 0.330 e. The molecule has 2 rings (SSSR count). The van der Waals surface area contributed by atoms with Gasteiger partial charge in [0, 0.05) is 31.5 Å². The number of likely N-dealkylation sites (N-methyl/N-ethyl adjacent to an activating group) is 1. The van der Waals surface area contributed by atoms with Crippen LogP contribution in [0.1, 0.15) is 52.0 Å². The molecule has 1 saturated heterocycles.